The average Bonchev–Trinajstić information content (AvgIpc) is 2.90. The van der Waals surface area contributed by atoms with Crippen molar-refractivity contribution in [2.75, 3.05) is 24.3 Å². The summed E-state index contributed by atoms with van der Waals surface area (Å²) >= 11 is 0. The van der Waals surface area contributed by atoms with Crippen molar-refractivity contribution in [1.82, 2.24) is 0 Å². The normalized spacial score (nSPS) is 10.6. The SMILES string of the molecule is CCCOc1cc(N(C)Cc2ccco2)c(N)cc1F. The molecule has 20 heavy (non-hydrogen) atoms. The zero-order valence-corrected chi connectivity index (χ0v) is 11.7. The Morgan fingerprint density at radius 1 is 1.40 bits per heavy atom. The molecule has 4 nitrogen and oxygen atoms in total. The predicted molar refractivity (Wildman–Crippen MR) is 77.4 cm³/mol. The third-order valence-electron chi connectivity index (χ3n) is 2.93. The first-order chi connectivity index (χ1) is 9.61. The summed E-state index contributed by atoms with van der Waals surface area (Å²) in [5.74, 6) is 0.598. The molecule has 0 aliphatic rings. The van der Waals surface area contributed by atoms with E-state index in [1.807, 2.05) is 31.0 Å². The molecular formula is C15H19FN2O2. The largest absolute Gasteiger partial charge is 0.490 e. The molecule has 5 heteroatoms. The van der Waals surface area contributed by atoms with Crippen LogP contribution in [0.25, 0.3) is 0 Å². The minimum absolute atomic E-state index is 0.224. The minimum atomic E-state index is -0.439. The molecule has 0 bridgehead atoms. The number of hydrogen-bond donors (Lipinski definition) is 1. The Hall–Kier alpha value is -2.17. The van der Waals surface area contributed by atoms with Gasteiger partial charge in [-0.25, -0.2) is 4.39 Å². The van der Waals surface area contributed by atoms with Gasteiger partial charge >= 0.3 is 0 Å². The number of rotatable bonds is 6. The third-order valence-corrected chi connectivity index (χ3v) is 2.93. The molecule has 108 valence electrons. The number of nitrogen functional groups attached to an aromatic ring is 1. The third kappa shape index (κ3) is 3.23. The Balaban J connectivity index is 2.21. The van der Waals surface area contributed by atoms with Crippen molar-refractivity contribution >= 4 is 11.4 Å². The van der Waals surface area contributed by atoms with E-state index in [0.717, 1.165) is 12.2 Å². The lowest BCUT2D eigenvalue weighted by Crippen LogP contribution is -2.18. The summed E-state index contributed by atoms with van der Waals surface area (Å²) in [6.07, 6.45) is 2.44. The van der Waals surface area contributed by atoms with Gasteiger partial charge in [-0.05, 0) is 18.6 Å². The van der Waals surface area contributed by atoms with E-state index in [1.54, 1.807) is 12.3 Å². The molecule has 2 rings (SSSR count). The first-order valence-corrected chi connectivity index (χ1v) is 6.57. The van der Waals surface area contributed by atoms with Crippen molar-refractivity contribution in [2.45, 2.75) is 19.9 Å². The molecule has 2 aromatic rings. The molecule has 0 atom stereocenters. The van der Waals surface area contributed by atoms with Crippen LogP contribution in [0.1, 0.15) is 19.1 Å². The second-order valence-corrected chi connectivity index (χ2v) is 4.63. The van der Waals surface area contributed by atoms with Gasteiger partial charge in [0.15, 0.2) is 11.6 Å². The number of benzene rings is 1. The quantitative estimate of drug-likeness (QED) is 0.822. The van der Waals surface area contributed by atoms with E-state index >= 15 is 0 Å². The monoisotopic (exact) mass is 278 g/mol. The van der Waals surface area contributed by atoms with Gasteiger partial charge in [0.25, 0.3) is 0 Å². The highest BCUT2D eigenvalue weighted by atomic mass is 19.1. The van der Waals surface area contributed by atoms with Crippen LogP contribution in [0, 0.1) is 5.82 Å². The molecule has 0 saturated carbocycles. The Morgan fingerprint density at radius 3 is 2.85 bits per heavy atom. The van der Waals surface area contributed by atoms with E-state index in [9.17, 15) is 4.39 Å². The van der Waals surface area contributed by atoms with Gasteiger partial charge in [-0.1, -0.05) is 6.92 Å². The van der Waals surface area contributed by atoms with Gasteiger partial charge in [0.1, 0.15) is 5.76 Å². The maximum absolute atomic E-state index is 13.8. The van der Waals surface area contributed by atoms with Gasteiger partial charge in [0, 0.05) is 19.2 Å². The van der Waals surface area contributed by atoms with Crippen LogP contribution in [-0.2, 0) is 6.54 Å². The first kappa shape index (κ1) is 14.2. The van der Waals surface area contributed by atoms with Crippen LogP contribution in [0.3, 0.4) is 0 Å². The Bertz CT molecular complexity index is 555. The second kappa shape index (κ2) is 6.32. The lowest BCUT2D eigenvalue weighted by Gasteiger charge is -2.21. The highest BCUT2D eigenvalue weighted by Gasteiger charge is 2.13. The molecule has 1 aromatic carbocycles. The van der Waals surface area contributed by atoms with Crippen LogP contribution < -0.4 is 15.4 Å². The number of nitrogens with zero attached hydrogens (tertiary/aromatic N) is 1. The number of ether oxygens (including phenoxy) is 1. The van der Waals surface area contributed by atoms with Gasteiger partial charge in [-0.3, -0.25) is 0 Å². The Kier molecular flexibility index (Phi) is 4.50. The van der Waals surface area contributed by atoms with Gasteiger partial charge in [0.05, 0.1) is 30.8 Å². The number of anilines is 2. The van der Waals surface area contributed by atoms with Gasteiger partial charge in [-0.2, -0.15) is 0 Å². The van der Waals surface area contributed by atoms with Crippen molar-refractivity contribution in [2.24, 2.45) is 0 Å². The van der Waals surface area contributed by atoms with E-state index in [2.05, 4.69) is 0 Å². The molecule has 0 aliphatic heterocycles. The van der Waals surface area contributed by atoms with E-state index in [4.69, 9.17) is 14.9 Å². The maximum Gasteiger partial charge on any atom is 0.167 e. The van der Waals surface area contributed by atoms with E-state index in [1.165, 1.54) is 6.07 Å². The average molecular weight is 278 g/mol. The summed E-state index contributed by atoms with van der Waals surface area (Å²) in [7, 11) is 1.87. The molecule has 0 amide bonds. The lowest BCUT2D eigenvalue weighted by molar-refractivity contribution is 0.301. The highest BCUT2D eigenvalue weighted by molar-refractivity contribution is 5.69. The van der Waals surface area contributed by atoms with E-state index in [0.29, 0.717) is 24.5 Å². The molecule has 1 heterocycles. The molecule has 0 unspecified atom stereocenters. The summed E-state index contributed by atoms with van der Waals surface area (Å²) in [6, 6.07) is 6.62. The van der Waals surface area contributed by atoms with Crippen LogP contribution in [0.2, 0.25) is 0 Å². The fourth-order valence-corrected chi connectivity index (χ4v) is 1.93. The second-order valence-electron chi connectivity index (χ2n) is 4.63. The van der Waals surface area contributed by atoms with Crippen LogP contribution in [0.4, 0.5) is 15.8 Å². The van der Waals surface area contributed by atoms with Crippen LogP contribution in [0.5, 0.6) is 5.75 Å². The van der Waals surface area contributed by atoms with Crippen LogP contribution >= 0.6 is 0 Å². The number of hydrogen-bond acceptors (Lipinski definition) is 4. The highest BCUT2D eigenvalue weighted by Crippen LogP contribution is 2.31. The summed E-state index contributed by atoms with van der Waals surface area (Å²) in [6.45, 7) is 3.00. The first-order valence-electron chi connectivity index (χ1n) is 6.57. The summed E-state index contributed by atoms with van der Waals surface area (Å²) in [5, 5.41) is 0. The fourth-order valence-electron chi connectivity index (χ4n) is 1.93. The summed E-state index contributed by atoms with van der Waals surface area (Å²) in [5.41, 5.74) is 6.97. The summed E-state index contributed by atoms with van der Waals surface area (Å²) < 4.78 is 24.4. The number of furan rings is 1. The van der Waals surface area contributed by atoms with Crippen LogP contribution in [0.15, 0.2) is 34.9 Å². The molecule has 2 N–H and O–H groups in total. The van der Waals surface area contributed by atoms with Crippen molar-refractivity contribution in [3.05, 3.63) is 42.1 Å². The van der Waals surface area contributed by atoms with Gasteiger partial charge < -0.3 is 19.8 Å². The van der Waals surface area contributed by atoms with E-state index < -0.39 is 5.82 Å². The van der Waals surface area contributed by atoms with Crippen molar-refractivity contribution in [3.63, 3.8) is 0 Å². The van der Waals surface area contributed by atoms with Gasteiger partial charge in [0.2, 0.25) is 0 Å². The Labute approximate surface area is 117 Å². The molecule has 0 saturated heterocycles. The molecule has 1 aromatic heterocycles. The molecule has 0 fully saturated rings. The lowest BCUT2D eigenvalue weighted by atomic mass is 10.2. The molecule has 0 spiro atoms. The zero-order valence-electron chi connectivity index (χ0n) is 11.7. The Morgan fingerprint density at radius 2 is 2.20 bits per heavy atom. The van der Waals surface area contributed by atoms with E-state index in [-0.39, 0.29) is 5.75 Å². The number of nitrogens with two attached hydrogens (primary N) is 1. The predicted octanol–water partition coefficient (Wildman–Crippen LogP) is 3.43. The molecular weight excluding hydrogens is 259 g/mol. The summed E-state index contributed by atoms with van der Waals surface area (Å²) in [4.78, 5) is 1.90. The minimum Gasteiger partial charge on any atom is -0.490 e. The fraction of sp³-hybridized carbons (Fsp3) is 0.333. The van der Waals surface area contributed by atoms with Gasteiger partial charge in [-0.15, -0.1) is 0 Å². The van der Waals surface area contributed by atoms with Crippen molar-refractivity contribution < 1.29 is 13.5 Å². The van der Waals surface area contributed by atoms with Crippen LogP contribution in [-0.4, -0.2) is 13.7 Å². The molecule has 0 radical (unpaired) electrons. The van der Waals surface area contributed by atoms with Crippen molar-refractivity contribution in [1.29, 1.82) is 0 Å². The van der Waals surface area contributed by atoms with Crippen molar-refractivity contribution in [3.8, 4) is 5.75 Å². The molecule has 0 aliphatic carbocycles. The maximum atomic E-state index is 13.8. The topological polar surface area (TPSA) is 51.6 Å². The smallest absolute Gasteiger partial charge is 0.167 e. The zero-order chi connectivity index (χ0) is 14.5. The standard InChI is InChI=1S/C15H19FN2O2/c1-3-6-20-15-9-14(13(17)8-12(15)16)18(2)10-11-5-4-7-19-11/h4-5,7-9H,3,6,10,17H2,1-2H3. The number of halogens is 1.